The van der Waals surface area contributed by atoms with Gasteiger partial charge in [0.1, 0.15) is 5.75 Å². The minimum absolute atomic E-state index is 0.0434. The molecule has 9 nitrogen and oxygen atoms in total. The zero-order valence-corrected chi connectivity index (χ0v) is 18.9. The highest BCUT2D eigenvalue weighted by Gasteiger charge is 2.18. The number of anilines is 1. The quantitative estimate of drug-likeness (QED) is 0.310. The molecule has 2 aromatic rings. The number of hydrogen-bond acceptors (Lipinski definition) is 6. The number of hydrogen-bond donors (Lipinski definition) is 3. The Hall–Kier alpha value is -3.43. The lowest BCUT2D eigenvalue weighted by Crippen LogP contribution is -2.41. The first-order valence-electron chi connectivity index (χ1n) is 10.4. The maximum atomic E-state index is 12.1. The first kappa shape index (κ1) is 24.2. The lowest BCUT2D eigenvalue weighted by atomic mass is 10.2. The summed E-state index contributed by atoms with van der Waals surface area (Å²) >= 11 is 6.05. The number of halogens is 1. The van der Waals surface area contributed by atoms with Gasteiger partial charge in [0, 0.05) is 23.9 Å². The van der Waals surface area contributed by atoms with Crippen molar-refractivity contribution in [1.29, 1.82) is 0 Å². The number of benzene rings is 2. The fourth-order valence-corrected chi connectivity index (χ4v) is 3.16. The Balaban J connectivity index is 1.38. The van der Waals surface area contributed by atoms with Gasteiger partial charge in [-0.15, -0.1) is 0 Å². The third-order valence-electron chi connectivity index (χ3n) is 4.81. The van der Waals surface area contributed by atoms with Crippen LogP contribution in [0.2, 0.25) is 5.02 Å². The molecule has 1 fully saturated rings. The Bertz CT molecular complexity index is 1020. The molecule has 0 saturated carbocycles. The molecule has 0 radical (unpaired) electrons. The number of rotatable bonds is 8. The van der Waals surface area contributed by atoms with E-state index in [0.717, 1.165) is 18.4 Å². The van der Waals surface area contributed by atoms with Crippen molar-refractivity contribution in [2.45, 2.75) is 25.9 Å². The van der Waals surface area contributed by atoms with Gasteiger partial charge >= 0.3 is 11.8 Å². The van der Waals surface area contributed by atoms with Crippen molar-refractivity contribution in [1.82, 2.24) is 10.7 Å². The van der Waals surface area contributed by atoms with E-state index in [2.05, 4.69) is 21.2 Å². The first-order valence-corrected chi connectivity index (χ1v) is 10.8. The van der Waals surface area contributed by atoms with E-state index >= 15 is 0 Å². The van der Waals surface area contributed by atoms with E-state index in [0.29, 0.717) is 35.2 Å². The molecule has 0 unspecified atom stereocenters. The summed E-state index contributed by atoms with van der Waals surface area (Å²) in [7, 11) is 0. The molecule has 0 aromatic heterocycles. The monoisotopic (exact) mass is 472 g/mol. The normalized spacial score (nSPS) is 15.3. The van der Waals surface area contributed by atoms with Crippen molar-refractivity contribution in [2.75, 3.05) is 25.1 Å². The number of hydrazone groups is 1. The molecule has 1 aliphatic heterocycles. The number of nitrogens with zero attached hydrogens (tertiary/aromatic N) is 1. The molecule has 1 atom stereocenters. The van der Waals surface area contributed by atoms with Gasteiger partial charge in [0.2, 0.25) is 0 Å². The Kier molecular flexibility index (Phi) is 8.79. The van der Waals surface area contributed by atoms with Crippen molar-refractivity contribution < 1.29 is 23.9 Å². The molecule has 3 amide bonds. The van der Waals surface area contributed by atoms with Crippen LogP contribution in [0, 0.1) is 6.92 Å². The fourth-order valence-electron chi connectivity index (χ4n) is 2.98. The van der Waals surface area contributed by atoms with Crippen molar-refractivity contribution in [3.8, 4) is 5.75 Å². The second-order valence-corrected chi connectivity index (χ2v) is 7.82. The van der Waals surface area contributed by atoms with E-state index in [4.69, 9.17) is 21.1 Å². The highest BCUT2D eigenvalue weighted by atomic mass is 35.5. The summed E-state index contributed by atoms with van der Waals surface area (Å²) in [4.78, 5) is 35.6. The molecule has 10 heteroatoms. The highest BCUT2D eigenvalue weighted by Crippen LogP contribution is 2.20. The zero-order chi connectivity index (χ0) is 23.6. The third kappa shape index (κ3) is 7.89. The van der Waals surface area contributed by atoms with E-state index in [-0.39, 0.29) is 18.6 Å². The molecule has 1 aliphatic rings. The number of nitrogens with one attached hydrogen (secondary N) is 3. The lowest BCUT2D eigenvalue weighted by molar-refractivity contribution is -0.139. The number of aryl methyl sites for hydroxylation is 1. The molecular weight excluding hydrogens is 448 g/mol. The number of ether oxygens (including phenoxy) is 2. The summed E-state index contributed by atoms with van der Waals surface area (Å²) in [6.07, 6.45) is 3.17. The van der Waals surface area contributed by atoms with Crippen LogP contribution in [-0.4, -0.2) is 49.8 Å². The highest BCUT2D eigenvalue weighted by molar-refractivity contribution is 6.35. The van der Waals surface area contributed by atoms with Crippen LogP contribution in [0.3, 0.4) is 0 Å². The summed E-state index contributed by atoms with van der Waals surface area (Å²) < 4.78 is 10.9. The van der Waals surface area contributed by atoms with Crippen LogP contribution in [0.25, 0.3) is 0 Å². The van der Waals surface area contributed by atoms with E-state index in [1.54, 1.807) is 36.4 Å². The zero-order valence-electron chi connectivity index (χ0n) is 18.1. The van der Waals surface area contributed by atoms with Crippen molar-refractivity contribution in [2.24, 2.45) is 5.10 Å². The average Bonchev–Trinajstić information content (AvgIpc) is 3.33. The van der Waals surface area contributed by atoms with Crippen molar-refractivity contribution in [3.63, 3.8) is 0 Å². The SMILES string of the molecule is Cc1ccc(NC(=O)COc2ccc(/C=N\NC(=O)C(=O)NC[C@H]3CCCO3)cc2)cc1Cl. The molecule has 0 spiro atoms. The molecule has 1 heterocycles. The molecule has 3 rings (SSSR count). The molecule has 174 valence electrons. The van der Waals surface area contributed by atoms with Crippen molar-refractivity contribution >= 4 is 41.2 Å². The Morgan fingerprint density at radius 3 is 2.67 bits per heavy atom. The van der Waals surface area contributed by atoms with Crippen LogP contribution in [0.1, 0.15) is 24.0 Å². The van der Waals surface area contributed by atoms with E-state index < -0.39 is 11.8 Å². The van der Waals surface area contributed by atoms with Gasteiger partial charge in [-0.1, -0.05) is 17.7 Å². The van der Waals surface area contributed by atoms with Gasteiger partial charge in [0.05, 0.1) is 12.3 Å². The predicted octanol–water partition coefficient (Wildman–Crippen LogP) is 2.41. The summed E-state index contributed by atoms with van der Waals surface area (Å²) in [5, 5.41) is 9.58. The van der Waals surface area contributed by atoms with Crippen LogP contribution < -0.4 is 20.8 Å². The van der Waals surface area contributed by atoms with Crippen LogP contribution in [-0.2, 0) is 19.1 Å². The van der Waals surface area contributed by atoms with E-state index in [1.165, 1.54) is 6.21 Å². The molecule has 0 bridgehead atoms. The summed E-state index contributed by atoms with van der Waals surface area (Å²) in [6.45, 7) is 2.69. The Morgan fingerprint density at radius 1 is 1.18 bits per heavy atom. The minimum atomic E-state index is -0.856. The minimum Gasteiger partial charge on any atom is -0.484 e. The maximum Gasteiger partial charge on any atom is 0.329 e. The summed E-state index contributed by atoms with van der Waals surface area (Å²) in [5.41, 5.74) is 4.36. The smallest absolute Gasteiger partial charge is 0.329 e. The van der Waals surface area contributed by atoms with Gasteiger partial charge in [-0.25, -0.2) is 5.43 Å². The Morgan fingerprint density at radius 2 is 1.97 bits per heavy atom. The van der Waals surface area contributed by atoms with Crippen LogP contribution in [0.4, 0.5) is 5.69 Å². The maximum absolute atomic E-state index is 12.1. The summed E-state index contributed by atoms with van der Waals surface area (Å²) in [6, 6.07) is 12.0. The van der Waals surface area contributed by atoms with Gasteiger partial charge in [0.25, 0.3) is 5.91 Å². The largest absolute Gasteiger partial charge is 0.484 e. The van der Waals surface area contributed by atoms with E-state index in [9.17, 15) is 14.4 Å². The second-order valence-electron chi connectivity index (χ2n) is 7.41. The fraction of sp³-hybridized carbons (Fsp3) is 0.304. The van der Waals surface area contributed by atoms with Crippen molar-refractivity contribution in [3.05, 3.63) is 58.6 Å². The van der Waals surface area contributed by atoms with E-state index in [1.807, 2.05) is 13.0 Å². The topological polar surface area (TPSA) is 118 Å². The van der Waals surface area contributed by atoms with Crippen LogP contribution in [0.15, 0.2) is 47.6 Å². The number of carbonyl (C=O) groups is 3. The predicted molar refractivity (Wildman–Crippen MR) is 124 cm³/mol. The average molecular weight is 473 g/mol. The summed E-state index contributed by atoms with van der Waals surface area (Å²) in [5.74, 6) is -1.45. The molecule has 3 N–H and O–H groups in total. The van der Waals surface area contributed by atoms with Gasteiger partial charge in [-0.05, 0) is 67.3 Å². The van der Waals surface area contributed by atoms with Gasteiger partial charge in [0.15, 0.2) is 6.61 Å². The molecular formula is C23H25ClN4O5. The standard InChI is InChI=1S/C23H25ClN4O5/c1-15-4-7-17(11-20(15)24)27-21(29)14-33-18-8-5-16(6-9-18)12-26-28-23(31)22(30)25-13-19-3-2-10-32-19/h4-9,11-12,19H,2-3,10,13-14H2,1H3,(H,25,30)(H,27,29)(H,28,31)/b26-12-/t19-/m1/s1. The first-order chi connectivity index (χ1) is 15.9. The second kappa shape index (κ2) is 12.0. The number of carbonyl (C=O) groups excluding carboxylic acids is 3. The lowest BCUT2D eigenvalue weighted by Gasteiger charge is -2.09. The third-order valence-corrected chi connectivity index (χ3v) is 5.21. The van der Waals surface area contributed by atoms with Gasteiger partial charge < -0.3 is 20.1 Å². The molecule has 2 aromatic carbocycles. The Labute approximate surface area is 196 Å². The van der Waals surface area contributed by atoms with Gasteiger partial charge in [-0.2, -0.15) is 5.10 Å². The van der Waals surface area contributed by atoms with Crippen LogP contribution in [0.5, 0.6) is 5.75 Å². The van der Waals surface area contributed by atoms with Gasteiger partial charge in [-0.3, -0.25) is 14.4 Å². The number of amides is 3. The molecule has 1 saturated heterocycles. The molecule has 33 heavy (non-hydrogen) atoms. The molecule has 0 aliphatic carbocycles. The van der Waals surface area contributed by atoms with Crippen LogP contribution >= 0.6 is 11.6 Å².